The normalized spacial score (nSPS) is 9.93. The fourth-order valence-electron chi connectivity index (χ4n) is 1.67. The molecule has 0 saturated heterocycles. The Hall–Kier alpha value is -1.35. The molecule has 1 amide bonds. The maximum atomic E-state index is 11.4. The van der Waals surface area contributed by atoms with Gasteiger partial charge >= 0.3 is 0 Å². The summed E-state index contributed by atoms with van der Waals surface area (Å²) in [4.78, 5) is 11.4. The Labute approximate surface area is 84.3 Å². The van der Waals surface area contributed by atoms with Crippen molar-refractivity contribution in [2.45, 2.75) is 26.7 Å². The molecule has 0 atom stereocenters. The highest BCUT2D eigenvalue weighted by atomic mass is 16.2. The van der Waals surface area contributed by atoms with Crippen LogP contribution in [-0.4, -0.2) is 5.91 Å². The van der Waals surface area contributed by atoms with E-state index in [0.717, 1.165) is 18.4 Å². The summed E-state index contributed by atoms with van der Waals surface area (Å²) >= 11 is 0. The van der Waals surface area contributed by atoms with Crippen LogP contribution in [0, 0.1) is 0 Å². The highest BCUT2D eigenvalue weighted by Crippen LogP contribution is 2.16. The van der Waals surface area contributed by atoms with Crippen molar-refractivity contribution in [3.63, 3.8) is 0 Å². The Morgan fingerprint density at radius 1 is 1.36 bits per heavy atom. The number of amides is 1. The van der Waals surface area contributed by atoms with E-state index >= 15 is 0 Å². The Morgan fingerprint density at radius 3 is 2.57 bits per heavy atom. The van der Waals surface area contributed by atoms with E-state index in [1.807, 2.05) is 19.1 Å². The van der Waals surface area contributed by atoms with Crippen LogP contribution in [0.4, 0.5) is 0 Å². The van der Waals surface area contributed by atoms with E-state index in [9.17, 15) is 4.79 Å². The van der Waals surface area contributed by atoms with Crippen LogP contribution in [-0.2, 0) is 12.8 Å². The number of nitrogens with one attached hydrogen (secondary N) is 1. The summed E-state index contributed by atoms with van der Waals surface area (Å²) in [6.45, 7) is 4.13. The lowest BCUT2D eigenvalue weighted by atomic mass is 9.97. The van der Waals surface area contributed by atoms with Crippen LogP contribution in [0.25, 0.3) is 0 Å². The molecule has 0 bridgehead atoms. The number of carbonyl (C=O) groups is 1. The van der Waals surface area contributed by atoms with E-state index < -0.39 is 0 Å². The smallest absolute Gasteiger partial charge is 0.265 e. The monoisotopic (exact) mass is 192 g/mol. The summed E-state index contributed by atoms with van der Waals surface area (Å²) in [5.41, 5.74) is 5.17. The number of hydrogen-bond donors (Lipinski definition) is 2. The predicted molar refractivity (Wildman–Crippen MR) is 56.9 cm³/mol. The fraction of sp³-hybridized carbons (Fsp3) is 0.364. The molecule has 0 spiro atoms. The number of benzene rings is 1. The lowest BCUT2D eigenvalue weighted by Crippen LogP contribution is -2.31. The third-order valence-electron chi connectivity index (χ3n) is 2.38. The van der Waals surface area contributed by atoms with Crippen LogP contribution in [0.5, 0.6) is 0 Å². The van der Waals surface area contributed by atoms with E-state index in [2.05, 4.69) is 12.3 Å². The van der Waals surface area contributed by atoms with Gasteiger partial charge in [-0.1, -0.05) is 26.0 Å². The van der Waals surface area contributed by atoms with Crippen molar-refractivity contribution < 1.29 is 4.79 Å². The van der Waals surface area contributed by atoms with Crippen LogP contribution >= 0.6 is 0 Å². The van der Waals surface area contributed by atoms with Gasteiger partial charge in [-0.2, -0.15) is 0 Å². The molecule has 0 saturated carbocycles. The average molecular weight is 192 g/mol. The first-order valence-corrected chi connectivity index (χ1v) is 4.86. The van der Waals surface area contributed by atoms with Crippen LogP contribution in [0.2, 0.25) is 0 Å². The van der Waals surface area contributed by atoms with Gasteiger partial charge in [0, 0.05) is 5.56 Å². The Morgan fingerprint density at radius 2 is 2.07 bits per heavy atom. The van der Waals surface area contributed by atoms with Crippen molar-refractivity contribution in [1.82, 2.24) is 5.43 Å². The Bertz CT molecular complexity index is 334. The number of aryl methyl sites for hydroxylation is 1. The Balaban J connectivity index is 3.21. The van der Waals surface area contributed by atoms with Gasteiger partial charge in [0.1, 0.15) is 0 Å². The molecule has 14 heavy (non-hydrogen) atoms. The van der Waals surface area contributed by atoms with Gasteiger partial charge in [0.2, 0.25) is 0 Å². The van der Waals surface area contributed by atoms with Gasteiger partial charge in [-0.3, -0.25) is 10.2 Å². The van der Waals surface area contributed by atoms with Crippen LogP contribution in [0.3, 0.4) is 0 Å². The lowest BCUT2D eigenvalue weighted by Gasteiger charge is -2.10. The maximum Gasteiger partial charge on any atom is 0.265 e. The fourth-order valence-corrected chi connectivity index (χ4v) is 1.67. The second-order valence-electron chi connectivity index (χ2n) is 3.12. The molecule has 0 heterocycles. The van der Waals surface area contributed by atoms with E-state index in [-0.39, 0.29) is 5.91 Å². The summed E-state index contributed by atoms with van der Waals surface area (Å²) in [7, 11) is 0. The van der Waals surface area contributed by atoms with Crippen molar-refractivity contribution in [3.8, 4) is 0 Å². The first-order valence-electron chi connectivity index (χ1n) is 4.86. The molecule has 0 aliphatic rings. The zero-order valence-corrected chi connectivity index (χ0v) is 8.63. The molecular formula is C11H16N2O. The largest absolute Gasteiger partial charge is 0.290 e. The third kappa shape index (κ3) is 1.93. The molecule has 0 fully saturated rings. The predicted octanol–water partition coefficient (Wildman–Crippen LogP) is 1.41. The van der Waals surface area contributed by atoms with E-state index in [4.69, 9.17) is 5.84 Å². The number of carbonyl (C=O) groups excluding carboxylic acids is 1. The van der Waals surface area contributed by atoms with Crippen molar-refractivity contribution in [2.24, 2.45) is 5.84 Å². The molecule has 1 rings (SSSR count). The average Bonchev–Trinajstić information content (AvgIpc) is 2.26. The minimum absolute atomic E-state index is 0.211. The molecule has 0 unspecified atom stereocenters. The minimum Gasteiger partial charge on any atom is -0.290 e. The van der Waals surface area contributed by atoms with Gasteiger partial charge in [0.15, 0.2) is 0 Å². The zero-order chi connectivity index (χ0) is 10.6. The van der Waals surface area contributed by atoms with Gasteiger partial charge in [-0.15, -0.1) is 0 Å². The van der Waals surface area contributed by atoms with Crippen LogP contribution in [0.15, 0.2) is 18.2 Å². The number of nitrogen functional groups attached to an aromatic ring is 1. The molecule has 0 aliphatic carbocycles. The number of hydrogen-bond acceptors (Lipinski definition) is 2. The summed E-state index contributed by atoms with van der Waals surface area (Å²) in [6.07, 6.45) is 1.79. The standard InChI is InChI=1S/C11H16N2O/c1-3-8-6-5-7-10(9(8)4-2)11(14)13-12/h5-7H,3-4,12H2,1-2H3,(H,13,14). The number of nitrogens with two attached hydrogens (primary N) is 1. The van der Waals surface area contributed by atoms with Crippen LogP contribution in [0.1, 0.15) is 35.3 Å². The molecule has 3 heteroatoms. The van der Waals surface area contributed by atoms with Gasteiger partial charge in [0.05, 0.1) is 0 Å². The van der Waals surface area contributed by atoms with Gasteiger partial charge in [0.25, 0.3) is 5.91 Å². The zero-order valence-electron chi connectivity index (χ0n) is 8.63. The molecule has 1 aromatic carbocycles. The SMILES string of the molecule is CCc1cccc(C(=O)NN)c1CC. The van der Waals surface area contributed by atoms with Gasteiger partial charge in [-0.25, -0.2) is 5.84 Å². The highest BCUT2D eigenvalue weighted by Gasteiger charge is 2.10. The second-order valence-corrected chi connectivity index (χ2v) is 3.12. The van der Waals surface area contributed by atoms with Gasteiger partial charge in [-0.05, 0) is 30.0 Å². The molecule has 1 aromatic rings. The van der Waals surface area contributed by atoms with E-state index in [0.29, 0.717) is 5.56 Å². The van der Waals surface area contributed by atoms with Gasteiger partial charge < -0.3 is 0 Å². The molecule has 3 N–H and O–H groups in total. The highest BCUT2D eigenvalue weighted by molar-refractivity contribution is 5.95. The Kier molecular flexibility index (Phi) is 3.65. The van der Waals surface area contributed by atoms with E-state index in [1.54, 1.807) is 6.07 Å². The summed E-state index contributed by atoms with van der Waals surface area (Å²) in [5, 5.41) is 0. The summed E-state index contributed by atoms with van der Waals surface area (Å²) < 4.78 is 0. The second kappa shape index (κ2) is 4.77. The van der Waals surface area contributed by atoms with Crippen molar-refractivity contribution in [2.75, 3.05) is 0 Å². The van der Waals surface area contributed by atoms with Crippen molar-refractivity contribution in [1.29, 1.82) is 0 Å². The molecule has 0 aliphatic heterocycles. The maximum absolute atomic E-state index is 11.4. The molecule has 3 nitrogen and oxygen atoms in total. The van der Waals surface area contributed by atoms with Crippen molar-refractivity contribution in [3.05, 3.63) is 34.9 Å². The van der Waals surface area contributed by atoms with Crippen molar-refractivity contribution >= 4 is 5.91 Å². The lowest BCUT2D eigenvalue weighted by molar-refractivity contribution is 0.0952. The summed E-state index contributed by atoms with van der Waals surface area (Å²) in [6, 6.07) is 5.74. The number of rotatable bonds is 3. The minimum atomic E-state index is -0.211. The van der Waals surface area contributed by atoms with E-state index in [1.165, 1.54) is 5.56 Å². The van der Waals surface area contributed by atoms with Crippen LogP contribution < -0.4 is 11.3 Å². The molecule has 0 radical (unpaired) electrons. The molecule has 76 valence electrons. The summed E-state index contributed by atoms with van der Waals surface area (Å²) in [5.74, 6) is 4.91. The first kappa shape index (κ1) is 10.7. The number of hydrazine groups is 1. The third-order valence-corrected chi connectivity index (χ3v) is 2.38. The quantitative estimate of drug-likeness (QED) is 0.432. The topological polar surface area (TPSA) is 55.1 Å². The first-order chi connectivity index (χ1) is 6.74. The molecular weight excluding hydrogens is 176 g/mol. The molecule has 0 aromatic heterocycles.